The van der Waals surface area contributed by atoms with Gasteiger partial charge in [-0.15, -0.1) is 22.7 Å². The smallest absolute Gasteiger partial charge is 0.266 e. The zero-order valence-electron chi connectivity index (χ0n) is 18.3. The van der Waals surface area contributed by atoms with Crippen LogP contribution in [0.1, 0.15) is 9.67 Å². The average molecular weight is 500 g/mol. The van der Waals surface area contributed by atoms with Gasteiger partial charge in [0.2, 0.25) is 0 Å². The number of hydrogen-bond acceptors (Lipinski definition) is 9. The van der Waals surface area contributed by atoms with Crippen molar-refractivity contribution in [1.82, 2.24) is 24.7 Å². The van der Waals surface area contributed by atoms with E-state index in [9.17, 15) is 4.79 Å². The molecule has 11 heteroatoms. The molecule has 0 saturated carbocycles. The zero-order chi connectivity index (χ0) is 23.9. The van der Waals surface area contributed by atoms with Crippen LogP contribution in [0.4, 0.5) is 10.8 Å². The van der Waals surface area contributed by atoms with Gasteiger partial charge in [0.15, 0.2) is 11.5 Å². The van der Waals surface area contributed by atoms with Crippen LogP contribution >= 0.6 is 22.7 Å². The summed E-state index contributed by atoms with van der Waals surface area (Å²) in [5.41, 5.74) is 10.6. The third-order valence-corrected chi connectivity index (χ3v) is 7.14. The summed E-state index contributed by atoms with van der Waals surface area (Å²) >= 11 is 2.78. The van der Waals surface area contributed by atoms with Crippen LogP contribution in [-0.4, -0.2) is 37.7 Å². The van der Waals surface area contributed by atoms with E-state index >= 15 is 0 Å². The number of anilines is 2. The van der Waals surface area contributed by atoms with E-state index in [1.807, 2.05) is 42.5 Å². The number of nitrogen functional groups attached to an aromatic ring is 1. The number of amides is 1. The van der Waals surface area contributed by atoms with Gasteiger partial charge in [-0.25, -0.2) is 19.6 Å². The van der Waals surface area contributed by atoms with Crippen molar-refractivity contribution in [1.29, 1.82) is 0 Å². The first kappa shape index (κ1) is 21.2. The summed E-state index contributed by atoms with van der Waals surface area (Å²) in [6.07, 6.45) is 1.64. The normalized spacial score (nSPS) is 11.2. The molecule has 0 saturated heterocycles. The van der Waals surface area contributed by atoms with E-state index in [0.29, 0.717) is 32.6 Å². The summed E-state index contributed by atoms with van der Waals surface area (Å²) < 4.78 is 8.05. The fraction of sp³-hybridized carbons (Fsp3) is 0.0417. The van der Waals surface area contributed by atoms with Crippen molar-refractivity contribution in [3.05, 3.63) is 71.2 Å². The molecule has 0 bridgehead atoms. The fourth-order valence-electron chi connectivity index (χ4n) is 3.69. The van der Waals surface area contributed by atoms with Gasteiger partial charge in [-0.05, 0) is 54.6 Å². The Morgan fingerprint density at radius 1 is 1.09 bits per heavy atom. The van der Waals surface area contributed by atoms with Crippen molar-refractivity contribution < 1.29 is 9.53 Å². The van der Waals surface area contributed by atoms with Crippen LogP contribution in [0.5, 0.6) is 5.75 Å². The number of carbonyl (C=O) groups excluding carboxylic acids is 1. The number of benzene rings is 2. The maximum atomic E-state index is 12.9. The number of nitrogens with one attached hydrogen (secondary N) is 1. The number of ether oxygens (including phenoxy) is 1. The molecule has 6 rings (SSSR count). The molecule has 3 N–H and O–H groups in total. The van der Waals surface area contributed by atoms with Crippen molar-refractivity contribution in [3.8, 4) is 22.8 Å². The lowest BCUT2D eigenvalue weighted by atomic mass is 10.2. The monoisotopic (exact) mass is 499 g/mol. The molecule has 0 aliphatic carbocycles. The van der Waals surface area contributed by atoms with Crippen molar-refractivity contribution in [2.24, 2.45) is 0 Å². The molecular formula is C24H17N7O2S2. The molecule has 0 aliphatic heterocycles. The molecule has 0 fully saturated rings. The quantitative estimate of drug-likeness (QED) is 0.342. The van der Waals surface area contributed by atoms with Gasteiger partial charge in [-0.2, -0.15) is 5.10 Å². The highest BCUT2D eigenvalue weighted by Gasteiger charge is 2.19. The number of thiazole rings is 1. The van der Waals surface area contributed by atoms with Crippen molar-refractivity contribution >= 4 is 60.6 Å². The lowest BCUT2D eigenvalue weighted by molar-refractivity contribution is 0.103. The Labute approximate surface area is 206 Å². The topological polar surface area (TPSA) is 121 Å². The molecule has 0 radical (unpaired) electrons. The van der Waals surface area contributed by atoms with Gasteiger partial charge in [0, 0.05) is 5.56 Å². The second kappa shape index (κ2) is 8.46. The fourth-order valence-corrected chi connectivity index (χ4v) is 5.01. The Kier molecular flexibility index (Phi) is 5.12. The summed E-state index contributed by atoms with van der Waals surface area (Å²) in [5, 5.41) is 8.63. The minimum atomic E-state index is -0.301. The summed E-state index contributed by atoms with van der Waals surface area (Å²) in [7, 11) is 1.62. The van der Waals surface area contributed by atoms with E-state index in [2.05, 4.69) is 15.4 Å². The lowest BCUT2D eigenvalue weighted by Crippen LogP contribution is -2.12. The number of nitrogens with zero attached hydrogens (tertiary/aromatic N) is 5. The molecule has 2 aromatic carbocycles. The highest BCUT2D eigenvalue weighted by atomic mass is 32.1. The van der Waals surface area contributed by atoms with Crippen LogP contribution in [0.25, 0.3) is 38.3 Å². The molecule has 4 aromatic heterocycles. The third-order valence-electron chi connectivity index (χ3n) is 5.42. The van der Waals surface area contributed by atoms with E-state index in [4.69, 9.17) is 20.4 Å². The molecule has 35 heavy (non-hydrogen) atoms. The van der Waals surface area contributed by atoms with Gasteiger partial charge in [0.1, 0.15) is 11.6 Å². The highest BCUT2D eigenvalue weighted by molar-refractivity contribution is 7.17. The van der Waals surface area contributed by atoms with Crippen LogP contribution in [0.2, 0.25) is 0 Å². The van der Waals surface area contributed by atoms with Gasteiger partial charge in [-0.3, -0.25) is 4.79 Å². The lowest BCUT2D eigenvalue weighted by Gasteiger charge is -2.09. The first-order valence-corrected chi connectivity index (χ1v) is 12.2. The van der Waals surface area contributed by atoms with Crippen LogP contribution in [-0.2, 0) is 0 Å². The van der Waals surface area contributed by atoms with Gasteiger partial charge >= 0.3 is 0 Å². The zero-order valence-corrected chi connectivity index (χ0v) is 19.9. The molecule has 0 unspecified atom stereocenters. The van der Waals surface area contributed by atoms with E-state index in [0.717, 1.165) is 27.2 Å². The minimum Gasteiger partial charge on any atom is -0.497 e. The van der Waals surface area contributed by atoms with Crippen LogP contribution in [0.15, 0.2) is 66.3 Å². The molecule has 1 amide bonds. The number of thiophene rings is 1. The molecule has 4 heterocycles. The SMILES string of the molecule is COc1ccc(-n2ncc3c(NC(=O)c4ccc(N)s4)nc(-c4ccc5scnc5c4)nc32)cc1. The summed E-state index contributed by atoms with van der Waals surface area (Å²) in [6.45, 7) is 0. The van der Waals surface area contributed by atoms with Gasteiger partial charge in [-0.1, -0.05) is 0 Å². The highest BCUT2D eigenvalue weighted by Crippen LogP contribution is 2.30. The number of aromatic nitrogens is 5. The Morgan fingerprint density at radius 2 is 1.94 bits per heavy atom. The molecule has 0 aliphatic rings. The standard InChI is InChI=1S/C24H17N7O2S2/c1-33-15-5-3-14(4-6-15)31-23-16(11-27-31)22(30-24(32)19-8-9-20(25)35-19)28-21(29-23)13-2-7-18-17(10-13)26-12-34-18/h2-12H,25H2,1H3,(H,28,29,30,32). The summed E-state index contributed by atoms with van der Waals surface area (Å²) in [4.78, 5) is 27.4. The molecular weight excluding hydrogens is 482 g/mol. The maximum absolute atomic E-state index is 12.9. The van der Waals surface area contributed by atoms with Crippen LogP contribution < -0.4 is 15.8 Å². The Hall–Kier alpha value is -4.35. The van der Waals surface area contributed by atoms with Gasteiger partial charge in [0.25, 0.3) is 5.91 Å². The van der Waals surface area contributed by atoms with Crippen molar-refractivity contribution in [2.75, 3.05) is 18.2 Å². The van der Waals surface area contributed by atoms with Crippen molar-refractivity contribution in [2.45, 2.75) is 0 Å². The minimum absolute atomic E-state index is 0.301. The van der Waals surface area contributed by atoms with Crippen LogP contribution in [0.3, 0.4) is 0 Å². The molecule has 0 atom stereocenters. The van der Waals surface area contributed by atoms with E-state index < -0.39 is 0 Å². The Bertz CT molecular complexity index is 1700. The number of nitrogens with two attached hydrogens (primary N) is 1. The average Bonchev–Trinajstić information content (AvgIpc) is 3.63. The Balaban J connectivity index is 1.51. The number of carbonyl (C=O) groups is 1. The Morgan fingerprint density at radius 3 is 2.71 bits per heavy atom. The predicted octanol–water partition coefficient (Wildman–Crippen LogP) is 5.00. The molecule has 6 aromatic rings. The number of fused-ring (bicyclic) bond motifs is 2. The first-order chi connectivity index (χ1) is 17.1. The van der Waals surface area contributed by atoms with Gasteiger partial charge < -0.3 is 15.8 Å². The molecule has 0 spiro atoms. The van der Waals surface area contributed by atoms with Crippen molar-refractivity contribution in [3.63, 3.8) is 0 Å². The first-order valence-electron chi connectivity index (χ1n) is 10.5. The maximum Gasteiger partial charge on any atom is 0.266 e. The second-order valence-electron chi connectivity index (χ2n) is 7.58. The molecule has 9 nitrogen and oxygen atoms in total. The summed E-state index contributed by atoms with van der Waals surface area (Å²) in [5.74, 6) is 1.24. The summed E-state index contributed by atoms with van der Waals surface area (Å²) in [6, 6.07) is 16.7. The second-order valence-corrected chi connectivity index (χ2v) is 9.58. The number of hydrogen-bond donors (Lipinski definition) is 2. The van der Waals surface area contributed by atoms with E-state index in [-0.39, 0.29) is 5.91 Å². The van der Waals surface area contributed by atoms with E-state index in [1.54, 1.807) is 47.0 Å². The third kappa shape index (κ3) is 3.86. The largest absolute Gasteiger partial charge is 0.497 e. The predicted molar refractivity (Wildman–Crippen MR) is 139 cm³/mol. The number of rotatable bonds is 5. The number of methoxy groups -OCH3 is 1. The van der Waals surface area contributed by atoms with Gasteiger partial charge in [0.05, 0.1) is 50.0 Å². The van der Waals surface area contributed by atoms with Crippen LogP contribution in [0, 0.1) is 0 Å². The van der Waals surface area contributed by atoms with E-state index in [1.165, 1.54) is 11.3 Å². The molecule has 172 valence electrons.